The van der Waals surface area contributed by atoms with Gasteiger partial charge in [-0.2, -0.15) is 0 Å². The van der Waals surface area contributed by atoms with Crippen LogP contribution in [0.5, 0.6) is 0 Å². The molecule has 192 valence electrons. The maximum atomic E-state index is 12.8. The SMILES string of the molecule is Cc1cccc(NC(=O)CCN2C(=S)N[C@@H](c3ccccn3)[C@@H]2c2cccn2-c2cccc([N+](=O)[O-])c2)c1. The first-order valence-corrected chi connectivity index (χ1v) is 12.6. The predicted octanol–water partition coefficient (Wildman–Crippen LogP) is 5.09. The van der Waals surface area contributed by atoms with E-state index in [1.54, 1.807) is 18.3 Å². The van der Waals surface area contributed by atoms with E-state index >= 15 is 0 Å². The topological polar surface area (TPSA) is 105 Å². The van der Waals surface area contributed by atoms with Crippen LogP contribution in [0, 0.1) is 17.0 Å². The average Bonchev–Trinajstić information content (AvgIpc) is 3.52. The molecule has 4 aromatic rings. The van der Waals surface area contributed by atoms with Crippen molar-refractivity contribution in [1.29, 1.82) is 0 Å². The Kier molecular flexibility index (Phi) is 7.14. The number of carbonyl (C=O) groups is 1. The molecule has 38 heavy (non-hydrogen) atoms. The number of amides is 1. The van der Waals surface area contributed by atoms with Gasteiger partial charge in [-0.3, -0.25) is 19.9 Å². The van der Waals surface area contributed by atoms with Gasteiger partial charge in [0, 0.05) is 48.9 Å². The largest absolute Gasteiger partial charge is 0.352 e. The maximum absolute atomic E-state index is 12.8. The molecule has 2 aromatic carbocycles. The second-order valence-electron chi connectivity index (χ2n) is 9.07. The molecule has 0 spiro atoms. The van der Waals surface area contributed by atoms with Crippen molar-refractivity contribution in [2.24, 2.45) is 0 Å². The third kappa shape index (κ3) is 5.25. The highest BCUT2D eigenvalue weighted by Gasteiger charge is 2.41. The quantitative estimate of drug-likeness (QED) is 0.187. The van der Waals surface area contributed by atoms with Gasteiger partial charge in [-0.15, -0.1) is 0 Å². The summed E-state index contributed by atoms with van der Waals surface area (Å²) >= 11 is 5.74. The number of anilines is 1. The Labute approximate surface area is 225 Å². The number of nitrogens with zero attached hydrogens (tertiary/aromatic N) is 4. The molecule has 1 aliphatic rings. The van der Waals surface area contributed by atoms with E-state index in [-0.39, 0.29) is 30.1 Å². The Bertz CT molecular complexity index is 1490. The number of nitrogens with one attached hydrogen (secondary N) is 2. The van der Waals surface area contributed by atoms with Gasteiger partial charge in [0.1, 0.15) is 0 Å². The second-order valence-corrected chi connectivity index (χ2v) is 9.45. The fraction of sp³-hybridized carbons (Fsp3) is 0.179. The average molecular weight is 527 g/mol. The van der Waals surface area contributed by atoms with E-state index in [1.165, 1.54) is 6.07 Å². The van der Waals surface area contributed by atoms with Crippen molar-refractivity contribution in [3.05, 3.63) is 118 Å². The molecule has 5 rings (SSSR count). The molecule has 0 radical (unpaired) electrons. The summed E-state index contributed by atoms with van der Waals surface area (Å²) < 4.78 is 1.92. The van der Waals surface area contributed by atoms with E-state index in [9.17, 15) is 14.9 Å². The van der Waals surface area contributed by atoms with Gasteiger partial charge >= 0.3 is 0 Å². The van der Waals surface area contributed by atoms with Gasteiger partial charge in [0.25, 0.3) is 5.69 Å². The van der Waals surface area contributed by atoms with Crippen LogP contribution in [0.15, 0.2) is 91.3 Å². The summed E-state index contributed by atoms with van der Waals surface area (Å²) in [6.07, 6.45) is 3.82. The van der Waals surface area contributed by atoms with Crippen LogP contribution in [0.2, 0.25) is 0 Å². The number of pyridine rings is 1. The molecule has 1 saturated heterocycles. The molecule has 0 bridgehead atoms. The molecule has 2 atom stereocenters. The number of hydrogen-bond acceptors (Lipinski definition) is 5. The minimum absolute atomic E-state index is 0.00756. The summed E-state index contributed by atoms with van der Waals surface area (Å²) in [6, 6.07) is 23.1. The molecule has 3 heterocycles. The van der Waals surface area contributed by atoms with Crippen molar-refractivity contribution in [1.82, 2.24) is 19.8 Å². The lowest BCUT2D eigenvalue weighted by atomic mass is 10.0. The highest BCUT2D eigenvalue weighted by Crippen LogP contribution is 2.39. The molecule has 2 aromatic heterocycles. The van der Waals surface area contributed by atoms with Gasteiger partial charge in [0.2, 0.25) is 5.91 Å². The van der Waals surface area contributed by atoms with Crippen LogP contribution in [-0.4, -0.2) is 36.9 Å². The molecule has 2 N–H and O–H groups in total. The molecule has 1 fully saturated rings. The molecule has 1 amide bonds. The number of thiocarbonyl (C=S) groups is 1. The van der Waals surface area contributed by atoms with Crippen LogP contribution in [0.25, 0.3) is 5.69 Å². The third-order valence-electron chi connectivity index (χ3n) is 6.48. The van der Waals surface area contributed by atoms with E-state index in [0.717, 1.165) is 22.6 Å². The molecule has 0 saturated carbocycles. The molecule has 1 aliphatic heterocycles. The van der Waals surface area contributed by atoms with Crippen LogP contribution in [-0.2, 0) is 4.79 Å². The molecular weight excluding hydrogens is 500 g/mol. The second kappa shape index (κ2) is 10.8. The van der Waals surface area contributed by atoms with Crippen LogP contribution >= 0.6 is 12.2 Å². The fourth-order valence-electron chi connectivity index (χ4n) is 4.76. The summed E-state index contributed by atoms with van der Waals surface area (Å²) in [7, 11) is 0. The van der Waals surface area contributed by atoms with Crippen molar-refractivity contribution < 1.29 is 9.72 Å². The lowest BCUT2D eigenvalue weighted by Gasteiger charge is -2.28. The van der Waals surface area contributed by atoms with Crippen LogP contribution in [0.1, 0.15) is 35.5 Å². The predicted molar refractivity (Wildman–Crippen MR) is 149 cm³/mol. The van der Waals surface area contributed by atoms with Crippen molar-refractivity contribution >= 4 is 34.6 Å². The number of benzene rings is 2. The minimum atomic E-state index is -0.408. The van der Waals surface area contributed by atoms with Crippen LogP contribution in [0.3, 0.4) is 0 Å². The zero-order valence-corrected chi connectivity index (χ0v) is 21.5. The number of nitro groups is 1. The van der Waals surface area contributed by atoms with E-state index in [1.807, 2.05) is 83.3 Å². The fourth-order valence-corrected chi connectivity index (χ4v) is 5.09. The number of non-ortho nitro benzene ring substituents is 1. The van der Waals surface area contributed by atoms with Crippen LogP contribution in [0.4, 0.5) is 11.4 Å². The van der Waals surface area contributed by atoms with Crippen LogP contribution < -0.4 is 10.6 Å². The summed E-state index contributed by atoms with van der Waals surface area (Å²) in [5, 5.41) is 18.3. The number of aromatic nitrogens is 2. The first-order chi connectivity index (χ1) is 18.4. The lowest BCUT2D eigenvalue weighted by molar-refractivity contribution is -0.384. The van der Waals surface area contributed by atoms with Gasteiger partial charge in [-0.05, 0) is 67.2 Å². The van der Waals surface area contributed by atoms with E-state index in [4.69, 9.17) is 12.2 Å². The Morgan fingerprint density at radius 2 is 1.95 bits per heavy atom. The lowest BCUT2D eigenvalue weighted by Crippen LogP contribution is -2.33. The van der Waals surface area contributed by atoms with Gasteiger partial charge in [-0.1, -0.05) is 24.3 Å². The van der Waals surface area contributed by atoms with Crippen molar-refractivity contribution in [2.45, 2.75) is 25.4 Å². The molecule has 0 aliphatic carbocycles. The summed E-state index contributed by atoms with van der Waals surface area (Å²) in [5.74, 6) is -0.118. The van der Waals surface area contributed by atoms with Gasteiger partial charge in [0.15, 0.2) is 5.11 Å². The monoisotopic (exact) mass is 526 g/mol. The number of aryl methyl sites for hydroxylation is 1. The first kappa shape index (κ1) is 25.1. The van der Waals surface area contributed by atoms with Crippen molar-refractivity contribution in [2.75, 3.05) is 11.9 Å². The normalized spacial score (nSPS) is 16.8. The Hall–Kier alpha value is -4.57. The molecule has 9 nitrogen and oxygen atoms in total. The van der Waals surface area contributed by atoms with Gasteiger partial charge < -0.3 is 20.1 Å². The Morgan fingerprint density at radius 3 is 2.71 bits per heavy atom. The Morgan fingerprint density at radius 1 is 1.11 bits per heavy atom. The summed E-state index contributed by atoms with van der Waals surface area (Å²) in [4.78, 5) is 30.4. The van der Waals surface area contributed by atoms with Gasteiger partial charge in [0.05, 0.1) is 28.4 Å². The summed E-state index contributed by atoms with van der Waals surface area (Å²) in [5.41, 5.74) is 4.15. The van der Waals surface area contributed by atoms with Crippen molar-refractivity contribution in [3.63, 3.8) is 0 Å². The molecular formula is C28H26N6O3S. The first-order valence-electron chi connectivity index (χ1n) is 12.2. The number of hydrogen-bond donors (Lipinski definition) is 2. The standard InChI is InChI=1S/C28H26N6O3S/c1-19-7-4-8-20(17-19)30-25(35)13-16-33-27(26(31-28(33)38)23-11-2-3-14-29-23)24-12-6-15-32(24)21-9-5-10-22(18-21)34(36)37/h2-12,14-15,17-18,26-27H,13,16H2,1H3,(H,30,35)(H,31,38)/t26-,27-/m0/s1. The zero-order valence-electron chi connectivity index (χ0n) is 20.7. The maximum Gasteiger partial charge on any atom is 0.271 e. The third-order valence-corrected chi connectivity index (χ3v) is 6.83. The van der Waals surface area contributed by atoms with Crippen molar-refractivity contribution in [3.8, 4) is 5.69 Å². The highest BCUT2D eigenvalue weighted by atomic mass is 32.1. The van der Waals surface area contributed by atoms with E-state index in [0.29, 0.717) is 17.3 Å². The highest BCUT2D eigenvalue weighted by molar-refractivity contribution is 7.80. The number of nitro benzene ring substituents is 1. The van der Waals surface area contributed by atoms with E-state index < -0.39 is 4.92 Å². The smallest absolute Gasteiger partial charge is 0.271 e. The number of carbonyl (C=O) groups excluding carboxylic acids is 1. The zero-order chi connectivity index (χ0) is 26.6. The summed E-state index contributed by atoms with van der Waals surface area (Å²) in [6.45, 7) is 2.35. The minimum Gasteiger partial charge on any atom is -0.352 e. The number of rotatable bonds is 8. The molecule has 0 unspecified atom stereocenters. The van der Waals surface area contributed by atoms with Gasteiger partial charge in [-0.25, -0.2) is 0 Å². The Balaban J connectivity index is 1.46. The van der Waals surface area contributed by atoms with E-state index in [2.05, 4.69) is 15.6 Å². The molecule has 10 heteroatoms.